The highest BCUT2D eigenvalue weighted by Gasteiger charge is 2.27. The number of rotatable bonds is 6. The summed E-state index contributed by atoms with van der Waals surface area (Å²) in [4.78, 5) is 9.08. The van der Waals surface area contributed by atoms with Crippen LogP contribution in [0.3, 0.4) is 0 Å². The van der Waals surface area contributed by atoms with Crippen LogP contribution in [0.15, 0.2) is 54.1 Å². The van der Waals surface area contributed by atoms with Crippen LogP contribution in [0.2, 0.25) is 0 Å². The fourth-order valence-corrected chi connectivity index (χ4v) is 3.51. The molecule has 138 valence electrons. The maximum absolute atomic E-state index is 9.44. The van der Waals surface area contributed by atoms with Gasteiger partial charge in [0.25, 0.3) is 0 Å². The summed E-state index contributed by atoms with van der Waals surface area (Å²) < 4.78 is 0. The molecule has 7 nitrogen and oxygen atoms in total. The van der Waals surface area contributed by atoms with Gasteiger partial charge in [0.2, 0.25) is 5.95 Å². The largest absolute Gasteiger partial charge is 0.411 e. The molecule has 0 radical (unpaired) electrons. The quantitative estimate of drug-likeness (QED) is 0.355. The predicted octanol–water partition coefficient (Wildman–Crippen LogP) is 3.15. The maximum Gasteiger partial charge on any atom is 0.222 e. The van der Waals surface area contributed by atoms with Crippen molar-refractivity contribution in [2.24, 2.45) is 5.16 Å². The number of hydrogen-bond donors (Lipinski definition) is 3. The number of benzene rings is 1. The van der Waals surface area contributed by atoms with Crippen LogP contribution in [0, 0.1) is 0 Å². The van der Waals surface area contributed by atoms with Crippen LogP contribution >= 0.6 is 0 Å². The summed E-state index contributed by atoms with van der Waals surface area (Å²) in [5.74, 6) is 0.875. The van der Waals surface area contributed by atoms with Crippen LogP contribution in [-0.4, -0.2) is 37.6 Å². The molecule has 0 aliphatic heterocycles. The Hall–Kier alpha value is -3.22. The zero-order chi connectivity index (χ0) is 18.5. The summed E-state index contributed by atoms with van der Waals surface area (Å²) in [5.41, 5.74) is 4.84. The van der Waals surface area contributed by atoms with Crippen molar-refractivity contribution >= 4 is 11.7 Å². The van der Waals surface area contributed by atoms with Gasteiger partial charge in [-0.05, 0) is 36.3 Å². The Morgan fingerprint density at radius 3 is 2.85 bits per heavy atom. The van der Waals surface area contributed by atoms with Gasteiger partial charge < -0.3 is 10.5 Å². The Bertz CT molecular complexity index is 907. The zero-order valence-corrected chi connectivity index (χ0v) is 15.0. The van der Waals surface area contributed by atoms with Crippen LogP contribution in [0.1, 0.15) is 41.1 Å². The van der Waals surface area contributed by atoms with Gasteiger partial charge in [0.1, 0.15) is 0 Å². The number of aromatic amines is 1. The third-order valence-corrected chi connectivity index (χ3v) is 4.93. The van der Waals surface area contributed by atoms with Gasteiger partial charge in [-0.3, -0.25) is 5.10 Å². The average molecular weight is 362 g/mol. The number of oxime groups is 1. The van der Waals surface area contributed by atoms with E-state index in [0.29, 0.717) is 18.1 Å². The van der Waals surface area contributed by atoms with Crippen LogP contribution in [0.5, 0.6) is 0 Å². The Morgan fingerprint density at radius 1 is 1.19 bits per heavy atom. The topological polar surface area (TPSA) is 99.1 Å². The Kier molecular flexibility index (Phi) is 5.09. The Balaban J connectivity index is 1.45. The standard InChI is InChI=1S/C20H22N6O/c27-26-19-10-16(15-6-2-1-3-7-15)9-18-17(19)13-22-20(25-18)21-8-4-5-14-11-23-24-12-14/h1-3,6-7,11-13,16,27H,4-5,8-10H2,(H,23,24)(H,21,22,25)/b26-19+. The molecule has 1 unspecified atom stereocenters. The molecule has 1 aromatic carbocycles. The van der Waals surface area contributed by atoms with E-state index in [0.717, 1.165) is 37.1 Å². The SMILES string of the molecule is O/N=C1\CC(c2ccccc2)Cc2nc(NCCCc3cn[nH]c3)ncc21. The molecule has 3 N–H and O–H groups in total. The van der Waals surface area contributed by atoms with Crippen molar-refractivity contribution in [1.82, 2.24) is 20.2 Å². The number of hydrogen-bond acceptors (Lipinski definition) is 6. The minimum absolute atomic E-state index is 0.258. The highest BCUT2D eigenvalue weighted by Crippen LogP contribution is 2.32. The Labute approximate surface area is 157 Å². The number of aryl methyl sites for hydroxylation is 1. The Morgan fingerprint density at radius 2 is 2.07 bits per heavy atom. The van der Waals surface area contributed by atoms with Crippen molar-refractivity contribution in [2.45, 2.75) is 31.6 Å². The molecule has 0 fully saturated rings. The molecule has 1 aliphatic rings. The van der Waals surface area contributed by atoms with E-state index < -0.39 is 0 Å². The molecule has 0 saturated carbocycles. The number of fused-ring (bicyclic) bond motifs is 1. The second-order valence-corrected chi connectivity index (χ2v) is 6.75. The van der Waals surface area contributed by atoms with Gasteiger partial charge in [-0.2, -0.15) is 5.10 Å². The molecule has 27 heavy (non-hydrogen) atoms. The molecule has 7 heteroatoms. The fraction of sp³-hybridized carbons (Fsp3) is 0.300. The molecule has 1 aliphatic carbocycles. The van der Waals surface area contributed by atoms with Crippen LogP contribution in [0.25, 0.3) is 0 Å². The van der Waals surface area contributed by atoms with E-state index in [1.54, 1.807) is 6.20 Å². The van der Waals surface area contributed by atoms with E-state index in [9.17, 15) is 5.21 Å². The summed E-state index contributed by atoms with van der Waals surface area (Å²) >= 11 is 0. The van der Waals surface area contributed by atoms with E-state index >= 15 is 0 Å². The minimum Gasteiger partial charge on any atom is -0.411 e. The second-order valence-electron chi connectivity index (χ2n) is 6.75. The van der Waals surface area contributed by atoms with Crippen molar-refractivity contribution in [3.63, 3.8) is 0 Å². The maximum atomic E-state index is 9.44. The van der Waals surface area contributed by atoms with Crippen molar-refractivity contribution < 1.29 is 5.21 Å². The predicted molar refractivity (Wildman–Crippen MR) is 103 cm³/mol. The molecule has 2 heterocycles. The molecule has 0 amide bonds. The van der Waals surface area contributed by atoms with Gasteiger partial charge in [0.15, 0.2) is 0 Å². The lowest BCUT2D eigenvalue weighted by Crippen LogP contribution is -2.22. The number of H-pyrrole nitrogens is 1. The summed E-state index contributed by atoms with van der Waals surface area (Å²) in [5, 5.41) is 23.0. The van der Waals surface area contributed by atoms with Gasteiger partial charge in [-0.1, -0.05) is 35.5 Å². The van der Waals surface area contributed by atoms with E-state index in [2.05, 4.69) is 42.8 Å². The van der Waals surface area contributed by atoms with E-state index in [1.165, 1.54) is 11.1 Å². The first-order valence-corrected chi connectivity index (χ1v) is 9.17. The first kappa shape index (κ1) is 17.2. The third-order valence-electron chi connectivity index (χ3n) is 4.93. The molecule has 0 bridgehead atoms. The fourth-order valence-electron chi connectivity index (χ4n) is 3.51. The lowest BCUT2D eigenvalue weighted by atomic mass is 9.82. The molecule has 0 spiro atoms. The molecule has 1 atom stereocenters. The van der Waals surface area contributed by atoms with Crippen molar-refractivity contribution in [3.8, 4) is 0 Å². The van der Waals surface area contributed by atoms with Gasteiger partial charge in [-0.25, -0.2) is 9.97 Å². The van der Waals surface area contributed by atoms with Gasteiger partial charge >= 0.3 is 0 Å². The van der Waals surface area contributed by atoms with Crippen LogP contribution in [-0.2, 0) is 12.8 Å². The highest BCUT2D eigenvalue weighted by atomic mass is 16.4. The van der Waals surface area contributed by atoms with Gasteiger partial charge in [-0.15, -0.1) is 0 Å². The molecular weight excluding hydrogens is 340 g/mol. The van der Waals surface area contributed by atoms with E-state index in [1.807, 2.05) is 30.6 Å². The van der Waals surface area contributed by atoms with Crippen LogP contribution in [0.4, 0.5) is 5.95 Å². The highest BCUT2D eigenvalue weighted by molar-refractivity contribution is 6.02. The van der Waals surface area contributed by atoms with Gasteiger partial charge in [0.05, 0.1) is 17.6 Å². The lowest BCUT2D eigenvalue weighted by molar-refractivity contribution is 0.316. The zero-order valence-electron chi connectivity index (χ0n) is 15.0. The minimum atomic E-state index is 0.258. The summed E-state index contributed by atoms with van der Waals surface area (Å²) in [6, 6.07) is 10.3. The number of aromatic nitrogens is 4. The third kappa shape index (κ3) is 3.97. The number of anilines is 1. The molecule has 3 aromatic rings. The van der Waals surface area contributed by atoms with Gasteiger partial charge in [0, 0.05) is 30.9 Å². The second kappa shape index (κ2) is 7.99. The first-order valence-electron chi connectivity index (χ1n) is 9.17. The summed E-state index contributed by atoms with van der Waals surface area (Å²) in [6.45, 7) is 0.785. The number of nitrogens with one attached hydrogen (secondary N) is 2. The average Bonchev–Trinajstić information content (AvgIpc) is 3.24. The molecule has 4 rings (SSSR count). The van der Waals surface area contributed by atoms with E-state index in [4.69, 9.17) is 0 Å². The van der Waals surface area contributed by atoms with Crippen molar-refractivity contribution in [2.75, 3.05) is 11.9 Å². The molecule has 2 aromatic heterocycles. The van der Waals surface area contributed by atoms with Crippen LogP contribution < -0.4 is 5.32 Å². The summed E-state index contributed by atoms with van der Waals surface area (Å²) in [7, 11) is 0. The van der Waals surface area contributed by atoms with E-state index in [-0.39, 0.29) is 5.92 Å². The van der Waals surface area contributed by atoms with Crippen molar-refractivity contribution in [1.29, 1.82) is 0 Å². The smallest absolute Gasteiger partial charge is 0.222 e. The summed E-state index contributed by atoms with van der Waals surface area (Å²) in [6.07, 6.45) is 8.93. The number of nitrogens with zero attached hydrogens (tertiary/aromatic N) is 4. The first-order chi connectivity index (χ1) is 13.3. The lowest BCUT2D eigenvalue weighted by Gasteiger charge is -2.25. The van der Waals surface area contributed by atoms with Crippen molar-refractivity contribution in [3.05, 3.63) is 71.3 Å². The molecule has 0 saturated heterocycles. The monoisotopic (exact) mass is 362 g/mol. The normalized spacial score (nSPS) is 17.6. The molecular formula is C20H22N6O.